The molecule has 3 nitrogen and oxygen atoms in total. The van der Waals surface area contributed by atoms with Crippen LogP contribution in [-0.4, -0.2) is 11.0 Å². The highest BCUT2D eigenvalue weighted by Crippen LogP contribution is 2.23. The molecule has 1 atom stereocenters. The summed E-state index contributed by atoms with van der Waals surface area (Å²) in [6.07, 6.45) is 0.0127. The molecule has 0 bridgehead atoms. The average Bonchev–Trinajstić information content (AvgIpc) is 2.68. The molecule has 100 valence electrons. The Morgan fingerprint density at radius 1 is 1.42 bits per heavy atom. The summed E-state index contributed by atoms with van der Waals surface area (Å²) in [6.45, 7) is 3.75. The lowest BCUT2D eigenvalue weighted by molar-refractivity contribution is -0.147. The van der Waals surface area contributed by atoms with Crippen molar-refractivity contribution in [3.8, 4) is 0 Å². The van der Waals surface area contributed by atoms with Crippen LogP contribution in [-0.2, 0) is 16.0 Å². The molecule has 0 fully saturated rings. The fourth-order valence-electron chi connectivity index (χ4n) is 1.74. The quantitative estimate of drug-likeness (QED) is 0.691. The number of hydrogen-bond acceptors (Lipinski definition) is 5. The maximum Gasteiger partial charge on any atom is 0.311 e. The van der Waals surface area contributed by atoms with Crippen molar-refractivity contribution in [1.82, 2.24) is 4.98 Å². The molecule has 0 amide bonds. The van der Waals surface area contributed by atoms with Crippen LogP contribution in [0.25, 0.3) is 0 Å². The topological polar surface area (TPSA) is 39.2 Å². The largest absolute Gasteiger partial charge is 0.458 e. The van der Waals surface area contributed by atoms with E-state index < -0.39 is 0 Å². The van der Waals surface area contributed by atoms with E-state index in [4.69, 9.17) is 4.74 Å². The van der Waals surface area contributed by atoms with E-state index in [1.807, 2.05) is 44.2 Å². The number of esters is 1. The van der Waals surface area contributed by atoms with Crippen LogP contribution >= 0.6 is 24.0 Å². The number of nitrogens with zero attached hydrogens (tertiary/aromatic N) is 1. The molecule has 2 aromatic rings. The molecule has 19 heavy (non-hydrogen) atoms. The standard InChI is InChI=1S/C14H15NO2S2/c1-9-12(19-14(18)15-9)8-13(16)17-10(2)11-6-4-3-5-7-11/h3-7,10H,8H2,1-2H3,(H,15,18). The van der Waals surface area contributed by atoms with Gasteiger partial charge in [0, 0.05) is 4.88 Å². The summed E-state index contributed by atoms with van der Waals surface area (Å²) < 4.78 is 6.10. The Bertz CT molecular complexity index is 566. The Morgan fingerprint density at radius 2 is 2.11 bits per heavy atom. The molecule has 1 aromatic carbocycles. The number of thiol groups is 1. The molecule has 0 aliphatic rings. The Kier molecular flexibility index (Phi) is 4.61. The predicted octanol–water partition coefficient (Wildman–Crippen LogP) is 3.59. The van der Waals surface area contributed by atoms with Crippen molar-refractivity contribution in [1.29, 1.82) is 0 Å². The van der Waals surface area contributed by atoms with Gasteiger partial charge in [-0.15, -0.1) is 24.0 Å². The van der Waals surface area contributed by atoms with Crippen LogP contribution in [0.1, 0.15) is 29.2 Å². The highest BCUT2D eigenvalue weighted by molar-refractivity contribution is 7.82. The maximum atomic E-state index is 11.9. The van der Waals surface area contributed by atoms with Crippen molar-refractivity contribution >= 4 is 29.9 Å². The normalized spacial score (nSPS) is 12.2. The summed E-state index contributed by atoms with van der Waals surface area (Å²) in [6, 6.07) is 9.69. The van der Waals surface area contributed by atoms with Crippen LogP contribution in [0.15, 0.2) is 34.7 Å². The second kappa shape index (κ2) is 6.21. The molecule has 0 aliphatic heterocycles. The van der Waals surface area contributed by atoms with Crippen molar-refractivity contribution in [2.45, 2.75) is 30.7 Å². The summed E-state index contributed by atoms with van der Waals surface area (Å²) in [5.74, 6) is -0.239. The first kappa shape index (κ1) is 14.1. The molecule has 0 spiro atoms. The SMILES string of the molecule is Cc1nc(S)sc1CC(=O)OC(C)c1ccccc1. The molecular weight excluding hydrogens is 278 g/mol. The summed E-state index contributed by atoms with van der Waals surface area (Å²) >= 11 is 5.60. The fraction of sp³-hybridized carbons (Fsp3) is 0.286. The second-order valence-electron chi connectivity index (χ2n) is 4.22. The Morgan fingerprint density at radius 3 is 2.68 bits per heavy atom. The maximum absolute atomic E-state index is 11.9. The lowest BCUT2D eigenvalue weighted by Crippen LogP contribution is -2.11. The fourth-order valence-corrected chi connectivity index (χ4v) is 3.01. The van der Waals surface area contributed by atoms with Crippen molar-refractivity contribution in [3.05, 3.63) is 46.5 Å². The number of aryl methyl sites for hydroxylation is 1. The van der Waals surface area contributed by atoms with Crippen molar-refractivity contribution in [2.75, 3.05) is 0 Å². The zero-order chi connectivity index (χ0) is 13.8. The first-order chi connectivity index (χ1) is 9.06. The minimum atomic E-state index is -0.239. The Labute approximate surface area is 122 Å². The van der Waals surface area contributed by atoms with Gasteiger partial charge in [0.25, 0.3) is 0 Å². The van der Waals surface area contributed by atoms with Crippen LogP contribution in [0, 0.1) is 6.92 Å². The number of benzene rings is 1. The van der Waals surface area contributed by atoms with E-state index in [1.165, 1.54) is 11.3 Å². The predicted molar refractivity (Wildman–Crippen MR) is 78.8 cm³/mol. The van der Waals surface area contributed by atoms with Crippen molar-refractivity contribution < 1.29 is 9.53 Å². The van der Waals surface area contributed by atoms with Gasteiger partial charge in [0.05, 0.1) is 12.1 Å². The molecule has 0 aliphatic carbocycles. The summed E-state index contributed by atoms with van der Waals surface area (Å²) in [5, 5.41) is 0. The first-order valence-corrected chi connectivity index (χ1v) is 7.22. The first-order valence-electron chi connectivity index (χ1n) is 5.96. The van der Waals surface area contributed by atoms with Gasteiger partial charge >= 0.3 is 5.97 Å². The summed E-state index contributed by atoms with van der Waals surface area (Å²) in [5.41, 5.74) is 1.84. The molecule has 0 saturated heterocycles. The third kappa shape index (κ3) is 3.81. The lowest BCUT2D eigenvalue weighted by atomic mass is 10.1. The lowest BCUT2D eigenvalue weighted by Gasteiger charge is -2.13. The van der Waals surface area contributed by atoms with E-state index >= 15 is 0 Å². The van der Waals surface area contributed by atoms with Crippen LogP contribution in [0.2, 0.25) is 0 Å². The van der Waals surface area contributed by atoms with Gasteiger partial charge < -0.3 is 4.74 Å². The van der Waals surface area contributed by atoms with Gasteiger partial charge in [0.15, 0.2) is 0 Å². The van der Waals surface area contributed by atoms with E-state index in [2.05, 4.69) is 17.6 Å². The Balaban J connectivity index is 1.96. The zero-order valence-electron chi connectivity index (χ0n) is 10.8. The number of rotatable bonds is 4. The minimum absolute atomic E-state index is 0.239. The molecule has 1 unspecified atom stereocenters. The molecule has 5 heteroatoms. The number of thiazole rings is 1. The van der Waals surface area contributed by atoms with Crippen molar-refractivity contribution in [2.24, 2.45) is 0 Å². The summed E-state index contributed by atoms with van der Waals surface area (Å²) in [7, 11) is 0. The molecule has 0 radical (unpaired) electrons. The number of carbonyl (C=O) groups excluding carboxylic acids is 1. The smallest absolute Gasteiger partial charge is 0.311 e. The van der Waals surface area contributed by atoms with Gasteiger partial charge in [-0.2, -0.15) is 0 Å². The molecule has 0 N–H and O–H groups in total. The van der Waals surface area contributed by atoms with Gasteiger partial charge in [-0.25, -0.2) is 4.98 Å². The molecule has 2 rings (SSSR count). The van der Waals surface area contributed by atoms with E-state index in [0.717, 1.165) is 16.1 Å². The number of aromatic nitrogens is 1. The number of carbonyl (C=O) groups is 1. The van der Waals surface area contributed by atoms with E-state index in [0.29, 0.717) is 4.34 Å². The third-order valence-corrected chi connectivity index (χ3v) is 4.10. The van der Waals surface area contributed by atoms with Gasteiger partial charge in [-0.3, -0.25) is 4.79 Å². The van der Waals surface area contributed by atoms with Gasteiger partial charge in [0.2, 0.25) is 0 Å². The second-order valence-corrected chi connectivity index (χ2v) is 6.03. The van der Waals surface area contributed by atoms with Crippen molar-refractivity contribution in [3.63, 3.8) is 0 Å². The number of ether oxygens (including phenoxy) is 1. The molecule has 1 aromatic heterocycles. The summed E-state index contributed by atoms with van der Waals surface area (Å²) in [4.78, 5) is 17.0. The van der Waals surface area contributed by atoms with E-state index in [-0.39, 0.29) is 18.5 Å². The average molecular weight is 293 g/mol. The van der Waals surface area contributed by atoms with Gasteiger partial charge in [-0.05, 0) is 19.4 Å². The molecule has 1 heterocycles. The highest BCUT2D eigenvalue weighted by Gasteiger charge is 2.15. The molecular formula is C14H15NO2S2. The van der Waals surface area contributed by atoms with Crippen LogP contribution in [0.5, 0.6) is 0 Å². The monoisotopic (exact) mass is 293 g/mol. The van der Waals surface area contributed by atoms with Crippen LogP contribution in [0.4, 0.5) is 0 Å². The third-order valence-electron chi connectivity index (χ3n) is 2.76. The van der Waals surface area contributed by atoms with Gasteiger partial charge in [-0.1, -0.05) is 30.3 Å². The number of hydrogen-bond donors (Lipinski definition) is 1. The highest BCUT2D eigenvalue weighted by atomic mass is 32.2. The Hall–Kier alpha value is -1.33. The molecule has 0 saturated carbocycles. The van der Waals surface area contributed by atoms with Crippen LogP contribution in [0.3, 0.4) is 0 Å². The van der Waals surface area contributed by atoms with E-state index in [9.17, 15) is 4.79 Å². The van der Waals surface area contributed by atoms with E-state index in [1.54, 1.807) is 0 Å². The minimum Gasteiger partial charge on any atom is -0.458 e. The zero-order valence-corrected chi connectivity index (χ0v) is 12.5. The van der Waals surface area contributed by atoms with Crippen LogP contribution < -0.4 is 0 Å². The van der Waals surface area contributed by atoms with Gasteiger partial charge in [0.1, 0.15) is 10.4 Å².